The van der Waals surface area contributed by atoms with Crippen molar-refractivity contribution in [2.24, 2.45) is 5.92 Å². The Hall–Kier alpha value is -1.63. The second kappa shape index (κ2) is 10.8. The fraction of sp³-hybridized carbons (Fsp3) is 0.759. The Morgan fingerprint density at radius 1 is 1.00 bits per heavy atom. The summed E-state index contributed by atoms with van der Waals surface area (Å²) in [5.41, 5.74) is 1.22. The third-order valence-electron chi connectivity index (χ3n) is 8.62. The molecule has 196 valence electrons. The molecule has 2 atom stereocenters. The fourth-order valence-electron chi connectivity index (χ4n) is 6.52. The first-order chi connectivity index (χ1) is 16.6. The van der Waals surface area contributed by atoms with Crippen molar-refractivity contribution in [3.05, 3.63) is 35.9 Å². The molecular formula is C29H48N4O2. The van der Waals surface area contributed by atoms with Crippen LogP contribution in [0.4, 0.5) is 4.79 Å². The highest BCUT2D eigenvalue weighted by molar-refractivity contribution is 5.68. The van der Waals surface area contributed by atoms with Crippen LogP contribution in [0.25, 0.3) is 0 Å². The minimum Gasteiger partial charge on any atom is -0.444 e. The molecule has 6 nitrogen and oxygen atoms in total. The molecule has 1 aromatic rings. The van der Waals surface area contributed by atoms with Crippen LogP contribution in [-0.4, -0.2) is 95.7 Å². The number of carbonyl (C=O) groups is 1. The Labute approximate surface area is 213 Å². The van der Waals surface area contributed by atoms with Gasteiger partial charge < -0.3 is 14.5 Å². The average molecular weight is 485 g/mol. The van der Waals surface area contributed by atoms with Crippen LogP contribution in [0.2, 0.25) is 0 Å². The molecule has 4 rings (SSSR count). The van der Waals surface area contributed by atoms with Crippen molar-refractivity contribution >= 4 is 6.09 Å². The van der Waals surface area contributed by atoms with E-state index in [0.717, 1.165) is 58.7 Å². The van der Waals surface area contributed by atoms with Crippen molar-refractivity contribution in [3.63, 3.8) is 0 Å². The van der Waals surface area contributed by atoms with Gasteiger partial charge in [-0.05, 0) is 91.9 Å². The zero-order valence-electron chi connectivity index (χ0n) is 23.0. The van der Waals surface area contributed by atoms with Gasteiger partial charge in [0.1, 0.15) is 5.60 Å². The summed E-state index contributed by atoms with van der Waals surface area (Å²) in [5, 5.41) is 0. The lowest BCUT2D eigenvalue weighted by Crippen LogP contribution is -2.58. The second-order valence-electron chi connectivity index (χ2n) is 12.5. The largest absolute Gasteiger partial charge is 0.444 e. The minimum atomic E-state index is -0.434. The van der Waals surface area contributed by atoms with Gasteiger partial charge in [-0.25, -0.2) is 4.79 Å². The molecule has 0 spiro atoms. The van der Waals surface area contributed by atoms with Crippen molar-refractivity contribution in [1.82, 2.24) is 19.6 Å². The van der Waals surface area contributed by atoms with Gasteiger partial charge in [-0.1, -0.05) is 30.3 Å². The second-order valence-corrected chi connectivity index (χ2v) is 12.5. The Balaban J connectivity index is 1.38. The number of nitrogens with zero attached hydrogens (tertiary/aromatic N) is 4. The van der Waals surface area contributed by atoms with Gasteiger partial charge in [0.05, 0.1) is 0 Å². The van der Waals surface area contributed by atoms with Crippen LogP contribution >= 0.6 is 0 Å². The molecule has 3 saturated heterocycles. The van der Waals surface area contributed by atoms with E-state index in [2.05, 4.69) is 65.9 Å². The van der Waals surface area contributed by atoms with E-state index in [-0.39, 0.29) is 11.6 Å². The maximum absolute atomic E-state index is 12.5. The van der Waals surface area contributed by atoms with Crippen molar-refractivity contribution in [1.29, 1.82) is 0 Å². The predicted octanol–water partition coefficient (Wildman–Crippen LogP) is 4.87. The van der Waals surface area contributed by atoms with Crippen LogP contribution in [0.15, 0.2) is 30.3 Å². The van der Waals surface area contributed by atoms with Crippen LogP contribution in [0.1, 0.15) is 71.9 Å². The third-order valence-corrected chi connectivity index (χ3v) is 8.62. The number of likely N-dealkylation sites (N-methyl/N-ethyl adjacent to an activating group) is 1. The summed E-state index contributed by atoms with van der Waals surface area (Å²) in [6.07, 6.45) is 4.36. The van der Waals surface area contributed by atoms with Gasteiger partial charge in [-0.15, -0.1) is 0 Å². The molecule has 3 aliphatic rings. The highest BCUT2D eigenvalue weighted by Gasteiger charge is 2.42. The monoisotopic (exact) mass is 484 g/mol. The molecule has 0 aliphatic carbocycles. The molecule has 0 bridgehead atoms. The van der Waals surface area contributed by atoms with E-state index >= 15 is 0 Å². The SMILES string of the molecule is C[C@H]1CN(C)CCN1[C@H](c1ccccc1)C1CCN(C2(C)CCN(C(=O)OC(C)(C)C)CC2)CC1. The molecule has 0 saturated carbocycles. The summed E-state index contributed by atoms with van der Waals surface area (Å²) in [7, 11) is 2.25. The molecule has 35 heavy (non-hydrogen) atoms. The topological polar surface area (TPSA) is 39.3 Å². The lowest BCUT2D eigenvalue weighted by Gasteiger charge is -2.51. The number of piperidine rings is 2. The Kier molecular flexibility index (Phi) is 8.14. The third kappa shape index (κ3) is 6.39. The van der Waals surface area contributed by atoms with Gasteiger partial charge >= 0.3 is 6.09 Å². The average Bonchev–Trinajstić information content (AvgIpc) is 2.81. The molecule has 6 heteroatoms. The summed E-state index contributed by atoms with van der Waals surface area (Å²) in [4.78, 5) is 22.4. The number of benzene rings is 1. The number of ether oxygens (including phenoxy) is 1. The lowest BCUT2D eigenvalue weighted by atomic mass is 9.80. The molecule has 0 radical (unpaired) electrons. The van der Waals surface area contributed by atoms with Crippen LogP contribution in [0, 0.1) is 5.92 Å². The zero-order valence-corrected chi connectivity index (χ0v) is 23.0. The first-order valence-corrected chi connectivity index (χ1v) is 13.8. The number of amides is 1. The molecule has 0 unspecified atom stereocenters. The Bertz CT molecular complexity index is 823. The number of hydrogen-bond donors (Lipinski definition) is 0. The standard InChI is InChI=1S/C29H48N4O2/c1-23-22-30(6)20-21-33(23)26(24-10-8-7-9-11-24)25-12-16-32(17-13-25)29(5)14-18-31(19-15-29)27(34)35-28(2,3)4/h7-11,23,25-26H,12-22H2,1-6H3/t23-,26+/m0/s1. The first-order valence-electron chi connectivity index (χ1n) is 13.8. The van der Waals surface area contributed by atoms with Crippen LogP contribution in [0.3, 0.4) is 0 Å². The Morgan fingerprint density at radius 3 is 2.20 bits per heavy atom. The van der Waals surface area contributed by atoms with Gasteiger partial charge in [0.15, 0.2) is 0 Å². The summed E-state index contributed by atoms with van der Waals surface area (Å²) in [6, 6.07) is 12.3. The molecule has 1 amide bonds. The summed E-state index contributed by atoms with van der Waals surface area (Å²) in [6.45, 7) is 18.0. The van der Waals surface area contributed by atoms with Gasteiger partial charge in [0.25, 0.3) is 0 Å². The van der Waals surface area contributed by atoms with E-state index in [0.29, 0.717) is 18.0 Å². The highest BCUT2D eigenvalue weighted by Crippen LogP contribution is 2.40. The first kappa shape index (κ1) is 26.4. The van der Waals surface area contributed by atoms with E-state index < -0.39 is 5.60 Å². The van der Waals surface area contributed by atoms with Crippen molar-refractivity contribution in [3.8, 4) is 0 Å². The normalized spacial score (nSPS) is 26.5. The maximum Gasteiger partial charge on any atom is 0.410 e. The molecule has 0 N–H and O–H groups in total. The van der Waals surface area contributed by atoms with E-state index in [4.69, 9.17) is 4.74 Å². The van der Waals surface area contributed by atoms with E-state index in [9.17, 15) is 4.79 Å². The molecule has 3 heterocycles. The molecule has 0 aromatic heterocycles. The van der Waals surface area contributed by atoms with Crippen LogP contribution in [0.5, 0.6) is 0 Å². The number of likely N-dealkylation sites (tertiary alicyclic amines) is 2. The van der Waals surface area contributed by atoms with E-state index in [1.165, 1.54) is 18.4 Å². The van der Waals surface area contributed by atoms with Gasteiger partial charge in [0.2, 0.25) is 0 Å². The number of rotatable bonds is 4. The minimum absolute atomic E-state index is 0.162. The number of piperazine rings is 1. The van der Waals surface area contributed by atoms with Crippen LogP contribution < -0.4 is 0 Å². The Morgan fingerprint density at radius 2 is 1.63 bits per heavy atom. The summed E-state index contributed by atoms with van der Waals surface area (Å²) in [5.74, 6) is 0.685. The molecular weight excluding hydrogens is 436 g/mol. The highest BCUT2D eigenvalue weighted by atomic mass is 16.6. The zero-order chi connectivity index (χ0) is 25.2. The van der Waals surface area contributed by atoms with E-state index in [1.54, 1.807) is 0 Å². The number of carbonyl (C=O) groups excluding carboxylic acids is 1. The van der Waals surface area contributed by atoms with Crippen molar-refractivity contribution in [2.75, 3.05) is 52.9 Å². The lowest BCUT2D eigenvalue weighted by molar-refractivity contribution is -0.0258. The molecule has 3 aliphatic heterocycles. The van der Waals surface area contributed by atoms with Gasteiger partial charge in [0, 0.05) is 50.3 Å². The number of hydrogen-bond acceptors (Lipinski definition) is 5. The summed E-state index contributed by atoms with van der Waals surface area (Å²) >= 11 is 0. The van der Waals surface area contributed by atoms with Crippen molar-refractivity contribution < 1.29 is 9.53 Å². The molecule has 3 fully saturated rings. The van der Waals surface area contributed by atoms with Crippen LogP contribution in [-0.2, 0) is 4.74 Å². The van der Waals surface area contributed by atoms with E-state index in [1.807, 2.05) is 25.7 Å². The summed E-state index contributed by atoms with van der Waals surface area (Å²) < 4.78 is 5.61. The van der Waals surface area contributed by atoms with Gasteiger partial charge in [-0.2, -0.15) is 0 Å². The maximum atomic E-state index is 12.5. The van der Waals surface area contributed by atoms with Crippen molar-refractivity contribution in [2.45, 2.75) is 83.5 Å². The fourth-order valence-corrected chi connectivity index (χ4v) is 6.52. The van der Waals surface area contributed by atoms with Gasteiger partial charge in [-0.3, -0.25) is 9.80 Å². The quantitative estimate of drug-likeness (QED) is 0.610. The molecule has 1 aromatic carbocycles. The predicted molar refractivity (Wildman–Crippen MR) is 143 cm³/mol. The smallest absolute Gasteiger partial charge is 0.410 e.